The van der Waals surface area contributed by atoms with Gasteiger partial charge in [0.2, 0.25) is 12.2 Å². The van der Waals surface area contributed by atoms with Crippen LogP contribution in [0, 0.1) is 12.8 Å². The predicted molar refractivity (Wildman–Crippen MR) is 76.4 cm³/mol. The molecule has 108 valence electrons. The zero-order chi connectivity index (χ0) is 14.4. The maximum Gasteiger partial charge on any atom is 0.213 e. The minimum atomic E-state index is 0.318. The monoisotopic (exact) mass is 275 g/mol. The fraction of sp³-hybridized carbons (Fsp3) is 0.467. The Morgan fingerprint density at radius 3 is 2.90 bits per heavy atom. The largest absolute Gasteiger partial charge is 0.485 e. The van der Waals surface area contributed by atoms with Crippen LogP contribution in [0.3, 0.4) is 0 Å². The Hall–Kier alpha value is -1.88. The van der Waals surface area contributed by atoms with Crippen LogP contribution in [0.5, 0.6) is 5.75 Å². The predicted octanol–water partition coefficient (Wildman–Crippen LogP) is 2.70. The van der Waals surface area contributed by atoms with Gasteiger partial charge in [-0.05, 0) is 24.9 Å². The van der Waals surface area contributed by atoms with E-state index in [2.05, 4.69) is 35.4 Å². The summed E-state index contributed by atoms with van der Waals surface area (Å²) in [6, 6.07) is 6.16. The van der Waals surface area contributed by atoms with Crippen molar-refractivity contribution in [1.29, 1.82) is 0 Å². The number of nitrogens with zero attached hydrogens (tertiary/aromatic N) is 2. The van der Waals surface area contributed by atoms with Crippen LogP contribution in [-0.4, -0.2) is 16.7 Å². The van der Waals surface area contributed by atoms with Gasteiger partial charge in [0.25, 0.3) is 0 Å². The second-order valence-electron chi connectivity index (χ2n) is 5.22. The molecule has 2 aromatic rings. The molecule has 0 aliphatic heterocycles. The standard InChI is InChI=1S/C15H21N3O2/c1-11(2)7-16-8-13-6-4-5-12(3)15(13)19-9-14-17-10-20-18-14/h4-6,10-11,16H,7-9H2,1-3H3. The highest BCUT2D eigenvalue weighted by atomic mass is 16.5. The molecule has 0 bridgehead atoms. The quantitative estimate of drug-likeness (QED) is 0.842. The molecule has 5 nitrogen and oxygen atoms in total. The molecule has 5 heteroatoms. The molecule has 1 N–H and O–H groups in total. The summed E-state index contributed by atoms with van der Waals surface area (Å²) in [5, 5.41) is 7.18. The normalized spacial score (nSPS) is 11.0. The lowest BCUT2D eigenvalue weighted by atomic mass is 10.1. The molecule has 20 heavy (non-hydrogen) atoms. The van der Waals surface area contributed by atoms with Gasteiger partial charge in [0, 0.05) is 12.1 Å². The first-order valence-electron chi connectivity index (χ1n) is 6.84. The molecule has 0 fully saturated rings. The molecule has 1 aromatic carbocycles. The lowest BCUT2D eigenvalue weighted by molar-refractivity contribution is 0.281. The molecule has 0 radical (unpaired) electrons. The smallest absolute Gasteiger partial charge is 0.213 e. The topological polar surface area (TPSA) is 60.2 Å². The minimum Gasteiger partial charge on any atom is -0.485 e. The SMILES string of the molecule is Cc1cccc(CNCC(C)C)c1OCc1ncon1. The average Bonchev–Trinajstić information content (AvgIpc) is 2.90. The van der Waals surface area contributed by atoms with Crippen molar-refractivity contribution >= 4 is 0 Å². The van der Waals surface area contributed by atoms with E-state index in [0.717, 1.165) is 30.0 Å². The fourth-order valence-electron chi connectivity index (χ4n) is 1.95. The van der Waals surface area contributed by atoms with Crippen LogP contribution >= 0.6 is 0 Å². The molecule has 0 atom stereocenters. The van der Waals surface area contributed by atoms with Crippen LogP contribution in [0.25, 0.3) is 0 Å². The summed E-state index contributed by atoms with van der Waals surface area (Å²) in [5.74, 6) is 2.08. The molecule has 0 amide bonds. The van der Waals surface area contributed by atoms with Crippen LogP contribution in [0.2, 0.25) is 0 Å². The number of nitrogens with one attached hydrogen (secondary N) is 1. The van der Waals surface area contributed by atoms with Gasteiger partial charge in [0.15, 0.2) is 6.61 Å². The summed E-state index contributed by atoms with van der Waals surface area (Å²) in [7, 11) is 0. The van der Waals surface area contributed by atoms with Gasteiger partial charge in [-0.25, -0.2) is 0 Å². The Morgan fingerprint density at radius 1 is 1.35 bits per heavy atom. The van der Waals surface area contributed by atoms with Gasteiger partial charge in [-0.1, -0.05) is 37.2 Å². The van der Waals surface area contributed by atoms with Gasteiger partial charge in [0.1, 0.15) is 5.75 Å². The highest BCUT2D eigenvalue weighted by Gasteiger charge is 2.09. The third kappa shape index (κ3) is 4.06. The number of aromatic nitrogens is 2. The first-order valence-corrected chi connectivity index (χ1v) is 6.84. The lowest BCUT2D eigenvalue weighted by Crippen LogP contribution is -2.19. The van der Waals surface area contributed by atoms with Gasteiger partial charge in [-0.15, -0.1) is 0 Å². The van der Waals surface area contributed by atoms with Crippen LogP contribution in [0.15, 0.2) is 29.1 Å². The van der Waals surface area contributed by atoms with Crippen molar-refractivity contribution in [2.24, 2.45) is 5.92 Å². The lowest BCUT2D eigenvalue weighted by Gasteiger charge is -2.14. The molecule has 1 aromatic heterocycles. The van der Waals surface area contributed by atoms with E-state index < -0.39 is 0 Å². The van der Waals surface area contributed by atoms with E-state index in [1.54, 1.807) is 0 Å². The van der Waals surface area contributed by atoms with E-state index >= 15 is 0 Å². The first-order chi connectivity index (χ1) is 9.66. The van der Waals surface area contributed by atoms with Crippen molar-refractivity contribution in [2.45, 2.75) is 33.9 Å². The third-order valence-corrected chi connectivity index (χ3v) is 2.91. The van der Waals surface area contributed by atoms with Crippen molar-refractivity contribution < 1.29 is 9.26 Å². The molecule has 0 unspecified atom stereocenters. The number of benzene rings is 1. The van der Waals surface area contributed by atoms with Gasteiger partial charge < -0.3 is 14.6 Å². The molecular formula is C15H21N3O2. The Kier molecular flexibility index (Phi) is 5.12. The second-order valence-corrected chi connectivity index (χ2v) is 5.22. The maximum atomic E-state index is 5.84. The summed E-state index contributed by atoms with van der Waals surface area (Å²) >= 11 is 0. The molecule has 1 heterocycles. The number of ether oxygens (including phenoxy) is 1. The zero-order valence-corrected chi connectivity index (χ0v) is 12.2. The van der Waals surface area contributed by atoms with Crippen LogP contribution in [-0.2, 0) is 13.2 Å². The summed E-state index contributed by atoms with van der Waals surface area (Å²) in [6.07, 6.45) is 1.31. The highest BCUT2D eigenvalue weighted by Crippen LogP contribution is 2.24. The van der Waals surface area contributed by atoms with E-state index in [1.807, 2.05) is 19.1 Å². The summed E-state index contributed by atoms with van der Waals surface area (Å²) in [5.41, 5.74) is 2.26. The van der Waals surface area contributed by atoms with Gasteiger partial charge in [-0.3, -0.25) is 0 Å². The third-order valence-electron chi connectivity index (χ3n) is 2.91. The van der Waals surface area contributed by atoms with E-state index in [-0.39, 0.29) is 0 Å². The molecule has 0 aliphatic carbocycles. The average molecular weight is 275 g/mol. The van der Waals surface area contributed by atoms with E-state index in [1.165, 1.54) is 6.39 Å². The van der Waals surface area contributed by atoms with Gasteiger partial charge >= 0.3 is 0 Å². The van der Waals surface area contributed by atoms with Crippen molar-refractivity contribution in [1.82, 2.24) is 15.5 Å². The molecule has 2 rings (SSSR count). The first kappa shape index (κ1) is 14.5. The highest BCUT2D eigenvalue weighted by molar-refractivity contribution is 5.40. The zero-order valence-electron chi connectivity index (χ0n) is 12.2. The van der Waals surface area contributed by atoms with Crippen molar-refractivity contribution in [3.63, 3.8) is 0 Å². The number of hydrogen-bond donors (Lipinski definition) is 1. The fourth-order valence-corrected chi connectivity index (χ4v) is 1.95. The Bertz CT molecular complexity index is 524. The van der Waals surface area contributed by atoms with E-state index in [9.17, 15) is 0 Å². The van der Waals surface area contributed by atoms with Gasteiger partial charge in [0.05, 0.1) is 0 Å². The Balaban J connectivity index is 2.01. The minimum absolute atomic E-state index is 0.318. The molecule has 0 spiro atoms. The van der Waals surface area contributed by atoms with Crippen LogP contribution in [0.1, 0.15) is 30.8 Å². The second kappa shape index (κ2) is 7.05. The number of para-hydroxylation sites is 1. The van der Waals surface area contributed by atoms with E-state index in [4.69, 9.17) is 9.26 Å². The van der Waals surface area contributed by atoms with Crippen molar-refractivity contribution in [3.8, 4) is 5.75 Å². The van der Waals surface area contributed by atoms with Crippen LogP contribution < -0.4 is 10.1 Å². The molecular weight excluding hydrogens is 254 g/mol. The Labute approximate surface area is 119 Å². The molecule has 0 saturated heterocycles. The summed E-state index contributed by atoms with van der Waals surface area (Å²) in [6.45, 7) is 8.52. The molecule has 0 aliphatic rings. The maximum absolute atomic E-state index is 5.84. The van der Waals surface area contributed by atoms with Gasteiger partial charge in [-0.2, -0.15) is 4.98 Å². The van der Waals surface area contributed by atoms with E-state index in [0.29, 0.717) is 18.3 Å². The summed E-state index contributed by atoms with van der Waals surface area (Å²) < 4.78 is 10.5. The number of rotatable bonds is 7. The van der Waals surface area contributed by atoms with Crippen molar-refractivity contribution in [3.05, 3.63) is 41.5 Å². The van der Waals surface area contributed by atoms with Crippen molar-refractivity contribution in [2.75, 3.05) is 6.54 Å². The number of aryl methyl sites for hydroxylation is 1. The number of hydrogen-bond acceptors (Lipinski definition) is 5. The Morgan fingerprint density at radius 2 is 2.20 bits per heavy atom. The molecule has 0 saturated carbocycles. The summed E-state index contributed by atoms with van der Waals surface area (Å²) in [4.78, 5) is 3.96. The van der Waals surface area contributed by atoms with Crippen LogP contribution in [0.4, 0.5) is 0 Å².